The van der Waals surface area contributed by atoms with Gasteiger partial charge in [-0.15, -0.1) is 0 Å². The van der Waals surface area contributed by atoms with Crippen LogP contribution in [-0.2, 0) is 12.6 Å². The first-order valence-corrected chi connectivity index (χ1v) is 7.82. The van der Waals surface area contributed by atoms with E-state index in [-0.39, 0.29) is 5.91 Å². The first-order valence-electron chi connectivity index (χ1n) is 7.82. The number of carbonyl (C=O) groups excluding carboxylic acids is 1. The summed E-state index contributed by atoms with van der Waals surface area (Å²) >= 11 is 0. The van der Waals surface area contributed by atoms with Gasteiger partial charge in [-0.3, -0.25) is 9.36 Å². The number of pyridine rings is 1. The lowest BCUT2D eigenvalue weighted by molar-refractivity contribution is -0.137. The van der Waals surface area contributed by atoms with E-state index < -0.39 is 11.7 Å². The molecule has 2 aromatic heterocycles. The van der Waals surface area contributed by atoms with Gasteiger partial charge in [-0.2, -0.15) is 13.2 Å². The molecule has 26 heavy (non-hydrogen) atoms. The fourth-order valence-electron chi connectivity index (χ4n) is 2.35. The normalized spacial score (nSPS) is 11.3. The number of hydrogen-bond acceptors (Lipinski definition) is 3. The minimum atomic E-state index is -4.34. The second-order valence-corrected chi connectivity index (χ2v) is 5.58. The van der Waals surface area contributed by atoms with Gasteiger partial charge < -0.3 is 5.32 Å². The highest BCUT2D eigenvalue weighted by atomic mass is 19.4. The highest BCUT2D eigenvalue weighted by Gasteiger charge is 2.29. The molecule has 0 spiro atoms. The Bertz CT molecular complexity index is 857. The molecule has 0 fully saturated rings. The molecule has 0 aliphatic heterocycles. The number of alkyl halides is 3. The number of rotatable bonds is 5. The number of halogens is 3. The van der Waals surface area contributed by atoms with Gasteiger partial charge in [0.05, 0.1) is 11.1 Å². The molecule has 0 aliphatic rings. The molecule has 1 aromatic carbocycles. The Labute approximate surface area is 147 Å². The van der Waals surface area contributed by atoms with Crippen molar-refractivity contribution in [2.24, 2.45) is 0 Å². The molecule has 5 nitrogen and oxygen atoms in total. The van der Waals surface area contributed by atoms with Gasteiger partial charge in [-0.05, 0) is 36.2 Å². The molecule has 0 atom stereocenters. The summed E-state index contributed by atoms with van der Waals surface area (Å²) in [6, 6.07) is 8.25. The average Bonchev–Trinajstić information content (AvgIpc) is 3.16. The second kappa shape index (κ2) is 7.38. The monoisotopic (exact) mass is 360 g/mol. The standard InChI is InChI=1S/C18H15F3N4O/c19-18(20,21)15-4-1-13(2-5-15)7-8-23-17(26)14-3-6-16(24-11-14)25-10-9-22-12-25/h1-6,9-12H,7-8H2,(H,23,26). The largest absolute Gasteiger partial charge is 0.416 e. The lowest BCUT2D eigenvalue weighted by atomic mass is 10.1. The van der Waals surface area contributed by atoms with Gasteiger partial charge in [0, 0.05) is 25.1 Å². The van der Waals surface area contributed by atoms with Gasteiger partial charge in [0.15, 0.2) is 0 Å². The number of carbonyl (C=O) groups is 1. The fraction of sp³-hybridized carbons (Fsp3) is 0.167. The molecular weight excluding hydrogens is 345 g/mol. The van der Waals surface area contributed by atoms with E-state index in [2.05, 4.69) is 15.3 Å². The third-order valence-corrected chi connectivity index (χ3v) is 3.76. The van der Waals surface area contributed by atoms with E-state index in [4.69, 9.17) is 0 Å². The van der Waals surface area contributed by atoms with Crippen molar-refractivity contribution in [2.45, 2.75) is 12.6 Å². The Morgan fingerprint density at radius 3 is 2.46 bits per heavy atom. The lowest BCUT2D eigenvalue weighted by Gasteiger charge is -2.08. The predicted octanol–water partition coefficient (Wildman–Crippen LogP) is 3.26. The highest BCUT2D eigenvalue weighted by Crippen LogP contribution is 2.29. The van der Waals surface area contributed by atoms with Crippen molar-refractivity contribution in [1.29, 1.82) is 0 Å². The number of nitrogens with one attached hydrogen (secondary N) is 1. The summed E-state index contributed by atoms with van der Waals surface area (Å²) < 4.78 is 39.3. The van der Waals surface area contributed by atoms with Gasteiger partial charge in [0.25, 0.3) is 5.91 Å². The van der Waals surface area contributed by atoms with Crippen LogP contribution in [0.25, 0.3) is 5.82 Å². The zero-order valence-corrected chi connectivity index (χ0v) is 13.6. The molecule has 0 unspecified atom stereocenters. The summed E-state index contributed by atoms with van der Waals surface area (Å²) in [5.41, 5.74) is 0.433. The maximum Gasteiger partial charge on any atom is 0.416 e. The smallest absolute Gasteiger partial charge is 0.352 e. The molecule has 134 valence electrons. The maximum atomic E-state index is 12.5. The second-order valence-electron chi connectivity index (χ2n) is 5.58. The first kappa shape index (κ1) is 17.7. The zero-order chi connectivity index (χ0) is 18.6. The van der Waals surface area contributed by atoms with Gasteiger partial charge >= 0.3 is 6.18 Å². The molecule has 3 rings (SSSR count). The molecule has 0 aliphatic carbocycles. The molecular formula is C18H15F3N4O. The number of amides is 1. The van der Waals surface area contributed by atoms with E-state index in [1.807, 2.05) is 0 Å². The van der Waals surface area contributed by atoms with Crippen LogP contribution in [0.2, 0.25) is 0 Å². The van der Waals surface area contributed by atoms with Crippen molar-refractivity contribution in [3.05, 3.63) is 78.0 Å². The molecule has 8 heteroatoms. The van der Waals surface area contributed by atoms with Crippen LogP contribution in [-0.4, -0.2) is 27.0 Å². The summed E-state index contributed by atoms with van der Waals surface area (Å²) in [4.78, 5) is 20.2. The number of aromatic nitrogens is 3. The van der Waals surface area contributed by atoms with E-state index in [0.717, 1.165) is 12.1 Å². The van der Waals surface area contributed by atoms with E-state index in [0.29, 0.717) is 29.9 Å². The summed E-state index contributed by atoms with van der Waals surface area (Å²) in [7, 11) is 0. The van der Waals surface area contributed by atoms with Crippen LogP contribution in [0.4, 0.5) is 13.2 Å². The molecule has 3 aromatic rings. The predicted molar refractivity (Wildman–Crippen MR) is 88.8 cm³/mol. The minimum Gasteiger partial charge on any atom is -0.352 e. The van der Waals surface area contributed by atoms with Crippen molar-refractivity contribution in [2.75, 3.05) is 6.54 Å². The van der Waals surface area contributed by atoms with Crippen LogP contribution >= 0.6 is 0 Å². The quantitative estimate of drug-likeness (QED) is 0.760. The van der Waals surface area contributed by atoms with Crippen LogP contribution in [0.15, 0.2) is 61.3 Å². The fourth-order valence-corrected chi connectivity index (χ4v) is 2.35. The van der Waals surface area contributed by atoms with E-state index in [9.17, 15) is 18.0 Å². The Hall–Kier alpha value is -3.16. The van der Waals surface area contributed by atoms with E-state index >= 15 is 0 Å². The number of nitrogens with zero attached hydrogens (tertiary/aromatic N) is 3. The van der Waals surface area contributed by atoms with Crippen LogP contribution in [0.5, 0.6) is 0 Å². The number of imidazole rings is 1. The van der Waals surface area contributed by atoms with Crippen LogP contribution in [0.3, 0.4) is 0 Å². The summed E-state index contributed by atoms with van der Waals surface area (Å²) in [6.45, 7) is 0.313. The van der Waals surface area contributed by atoms with E-state index in [1.165, 1.54) is 18.3 Å². The molecule has 0 saturated carbocycles. The molecule has 0 radical (unpaired) electrons. The van der Waals surface area contributed by atoms with Gasteiger partial charge in [-0.1, -0.05) is 12.1 Å². The summed E-state index contributed by atoms with van der Waals surface area (Å²) in [5, 5.41) is 2.73. The Balaban J connectivity index is 1.52. The first-order chi connectivity index (χ1) is 12.4. The Kier molecular flexibility index (Phi) is 5.01. The lowest BCUT2D eigenvalue weighted by Crippen LogP contribution is -2.25. The Morgan fingerprint density at radius 1 is 1.12 bits per heavy atom. The summed E-state index contributed by atoms with van der Waals surface area (Å²) in [6.07, 6.45) is 2.53. The van der Waals surface area contributed by atoms with Crippen molar-refractivity contribution < 1.29 is 18.0 Å². The SMILES string of the molecule is O=C(NCCc1ccc(C(F)(F)F)cc1)c1ccc(-n2ccnc2)nc1. The minimum absolute atomic E-state index is 0.290. The topological polar surface area (TPSA) is 59.8 Å². The summed E-state index contributed by atoms with van der Waals surface area (Å²) in [5.74, 6) is 0.352. The van der Waals surface area contributed by atoms with Crippen molar-refractivity contribution >= 4 is 5.91 Å². The van der Waals surface area contributed by atoms with Crippen LogP contribution < -0.4 is 5.32 Å². The van der Waals surface area contributed by atoms with Gasteiger partial charge in [0.1, 0.15) is 12.1 Å². The third kappa shape index (κ3) is 4.27. The molecule has 1 N–H and O–H groups in total. The molecule has 0 saturated heterocycles. The van der Waals surface area contributed by atoms with Crippen molar-refractivity contribution in [3.63, 3.8) is 0 Å². The molecule has 2 heterocycles. The molecule has 0 bridgehead atoms. The Morgan fingerprint density at radius 2 is 1.88 bits per heavy atom. The van der Waals surface area contributed by atoms with Crippen LogP contribution in [0, 0.1) is 0 Å². The average molecular weight is 360 g/mol. The van der Waals surface area contributed by atoms with Gasteiger partial charge in [-0.25, -0.2) is 9.97 Å². The number of hydrogen-bond donors (Lipinski definition) is 1. The highest BCUT2D eigenvalue weighted by molar-refractivity contribution is 5.93. The van der Waals surface area contributed by atoms with Crippen molar-refractivity contribution in [1.82, 2.24) is 19.9 Å². The molecule has 1 amide bonds. The zero-order valence-electron chi connectivity index (χ0n) is 13.6. The van der Waals surface area contributed by atoms with E-state index in [1.54, 1.807) is 35.4 Å². The maximum absolute atomic E-state index is 12.5. The third-order valence-electron chi connectivity index (χ3n) is 3.76. The van der Waals surface area contributed by atoms with Gasteiger partial charge in [0.2, 0.25) is 0 Å². The van der Waals surface area contributed by atoms with Crippen molar-refractivity contribution in [3.8, 4) is 5.82 Å². The van der Waals surface area contributed by atoms with Crippen LogP contribution in [0.1, 0.15) is 21.5 Å². The number of benzene rings is 1.